The monoisotopic (exact) mass is 194 g/mol. The van der Waals surface area contributed by atoms with Gasteiger partial charge in [-0.05, 0) is 25.7 Å². The summed E-state index contributed by atoms with van der Waals surface area (Å²) in [6.07, 6.45) is 3.48. The SMILES string of the molecule is COC1CC(NC(=O)C2(C#N)CC2)C1. The van der Waals surface area contributed by atoms with Gasteiger partial charge in [0.05, 0.1) is 12.2 Å². The third kappa shape index (κ3) is 1.48. The van der Waals surface area contributed by atoms with Gasteiger partial charge in [-0.3, -0.25) is 4.79 Å². The van der Waals surface area contributed by atoms with Gasteiger partial charge < -0.3 is 10.1 Å². The molecule has 0 unspecified atom stereocenters. The highest BCUT2D eigenvalue weighted by atomic mass is 16.5. The van der Waals surface area contributed by atoms with E-state index in [1.54, 1.807) is 7.11 Å². The molecule has 14 heavy (non-hydrogen) atoms. The lowest BCUT2D eigenvalue weighted by Crippen LogP contribution is -2.49. The maximum Gasteiger partial charge on any atom is 0.240 e. The van der Waals surface area contributed by atoms with Gasteiger partial charge in [-0.2, -0.15) is 5.26 Å². The van der Waals surface area contributed by atoms with Crippen LogP contribution in [0.4, 0.5) is 0 Å². The fourth-order valence-electron chi connectivity index (χ4n) is 1.71. The maximum absolute atomic E-state index is 11.6. The summed E-state index contributed by atoms with van der Waals surface area (Å²) >= 11 is 0. The quantitative estimate of drug-likeness (QED) is 0.715. The standard InChI is InChI=1S/C10H14N2O2/c1-14-8-4-7(5-8)12-9(13)10(6-11)2-3-10/h7-8H,2-5H2,1H3,(H,12,13). The summed E-state index contributed by atoms with van der Waals surface area (Å²) in [6, 6.07) is 2.31. The van der Waals surface area contributed by atoms with E-state index in [9.17, 15) is 4.79 Å². The number of nitrogens with zero attached hydrogens (tertiary/aromatic N) is 1. The molecule has 4 heteroatoms. The molecule has 0 radical (unpaired) electrons. The molecule has 0 aromatic rings. The summed E-state index contributed by atoms with van der Waals surface area (Å²) in [6.45, 7) is 0. The highest BCUT2D eigenvalue weighted by Crippen LogP contribution is 2.45. The maximum atomic E-state index is 11.6. The summed E-state index contributed by atoms with van der Waals surface area (Å²) in [4.78, 5) is 11.6. The molecule has 0 bridgehead atoms. The van der Waals surface area contributed by atoms with E-state index in [1.807, 2.05) is 0 Å². The lowest BCUT2D eigenvalue weighted by molar-refractivity contribution is -0.126. The van der Waals surface area contributed by atoms with Crippen LogP contribution in [0, 0.1) is 16.7 Å². The number of rotatable bonds is 3. The lowest BCUT2D eigenvalue weighted by Gasteiger charge is -2.35. The van der Waals surface area contributed by atoms with Crippen molar-refractivity contribution in [3.05, 3.63) is 0 Å². The average Bonchev–Trinajstić information content (AvgIpc) is 2.90. The number of carbonyl (C=O) groups is 1. The van der Waals surface area contributed by atoms with Crippen LogP contribution < -0.4 is 5.32 Å². The summed E-state index contributed by atoms with van der Waals surface area (Å²) in [5.41, 5.74) is -0.682. The molecular formula is C10H14N2O2. The van der Waals surface area contributed by atoms with Crippen LogP contribution in [0.1, 0.15) is 25.7 Å². The molecule has 0 aromatic heterocycles. The zero-order chi connectivity index (χ0) is 10.2. The molecule has 0 aliphatic heterocycles. The molecule has 1 N–H and O–H groups in total. The molecule has 4 nitrogen and oxygen atoms in total. The first-order valence-corrected chi connectivity index (χ1v) is 4.95. The van der Waals surface area contributed by atoms with Crippen LogP contribution in [0.25, 0.3) is 0 Å². The first-order valence-electron chi connectivity index (χ1n) is 4.95. The summed E-state index contributed by atoms with van der Waals surface area (Å²) in [7, 11) is 1.68. The molecule has 2 fully saturated rings. The van der Waals surface area contributed by atoms with Crippen LogP contribution in [0.5, 0.6) is 0 Å². The van der Waals surface area contributed by atoms with Crippen molar-refractivity contribution in [3.63, 3.8) is 0 Å². The number of nitriles is 1. The van der Waals surface area contributed by atoms with Crippen molar-refractivity contribution in [2.75, 3.05) is 7.11 Å². The molecule has 0 spiro atoms. The van der Waals surface area contributed by atoms with Crippen molar-refractivity contribution in [3.8, 4) is 6.07 Å². The van der Waals surface area contributed by atoms with E-state index >= 15 is 0 Å². The molecule has 2 aliphatic rings. The number of amides is 1. The number of carbonyl (C=O) groups excluding carboxylic acids is 1. The van der Waals surface area contributed by atoms with Crippen molar-refractivity contribution in [2.24, 2.45) is 5.41 Å². The Bertz CT molecular complexity index is 285. The van der Waals surface area contributed by atoms with Crippen molar-refractivity contribution in [1.82, 2.24) is 5.32 Å². The minimum Gasteiger partial charge on any atom is -0.381 e. The lowest BCUT2D eigenvalue weighted by atomic mass is 9.88. The van der Waals surface area contributed by atoms with Crippen molar-refractivity contribution >= 4 is 5.91 Å². The van der Waals surface area contributed by atoms with Gasteiger partial charge in [-0.1, -0.05) is 0 Å². The molecule has 0 heterocycles. The number of ether oxygens (including phenoxy) is 1. The molecule has 0 atom stereocenters. The number of hydrogen-bond donors (Lipinski definition) is 1. The fraction of sp³-hybridized carbons (Fsp3) is 0.800. The smallest absolute Gasteiger partial charge is 0.240 e. The van der Waals surface area contributed by atoms with E-state index in [0.29, 0.717) is 0 Å². The van der Waals surface area contributed by atoms with Crippen LogP contribution in [0.3, 0.4) is 0 Å². The number of methoxy groups -OCH3 is 1. The summed E-state index contributed by atoms with van der Waals surface area (Å²) in [5.74, 6) is -0.0837. The Morgan fingerprint density at radius 2 is 2.21 bits per heavy atom. The van der Waals surface area contributed by atoms with E-state index in [4.69, 9.17) is 10.00 Å². The van der Waals surface area contributed by atoms with Gasteiger partial charge in [-0.15, -0.1) is 0 Å². The van der Waals surface area contributed by atoms with Crippen LogP contribution in [-0.4, -0.2) is 25.2 Å². The molecule has 2 saturated carbocycles. The van der Waals surface area contributed by atoms with Crippen LogP contribution in [0.2, 0.25) is 0 Å². The van der Waals surface area contributed by atoms with Crippen molar-refractivity contribution < 1.29 is 9.53 Å². The molecule has 76 valence electrons. The molecule has 2 aliphatic carbocycles. The Labute approximate surface area is 83.2 Å². The van der Waals surface area contributed by atoms with Gasteiger partial charge in [0.25, 0.3) is 0 Å². The third-order valence-corrected chi connectivity index (χ3v) is 3.16. The Morgan fingerprint density at radius 3 is 2.64 bits per heavy atom. The first-order chi connectivity index (χ1) is 6.70. The van der Waals surface area contributed by atoms with E-state index < -0.39 is 5.41 Å². The van der Waals surface area contributed by atoms with Gasteiger partial charge in [0.1, 0.15) is 5.41 Å². The molecule has 0 aromatic carbocycles. The van der Waals surface area contributed by atoms with Crippen LogP contribution in [0.15, 0.2) is 0 Å². The zero-order valence-corrected chi connectivity index (χ0v) is 8.25. The Hall–Kier alpha value is -1.08. The molecule has 0 saturated heterocycles. The summed E-state index contributed by atoms with van der Waals surface area (Å²) in [5, 5.41) is 11.7. The Kier molecular flexibility index (Phi) is 2.20. The number of nitrogens with one attached hydrogen (secondary N) is 1. The number of hydrogen-bond acceptors (Lipinski definition) is 3. The zero-order valence-electron chi connectivity index (χ0n) is 8.25. The molecular weight excluding hydrogens is 180 g/mol. The third-order valence-electron chi connectivity index (χ3n) is 3.16. The van der Waals surface area contributed by atoms with E-state index in [2.05, 4.69) is 11.4 Å². The van der Waals surface area contributed by atoms with E-state index in [1.165, 1.54) is 0 Å². The van der Waals surface area contributed by atoms with E-state index in [-0.39, 0.29) is 18.1 Å². The van der Waals surface area contributed by atoms with Gasteiger partial charge >= 0.3 is 0 Å². The minimum absolute atomic E-state index is 0.0837. The van der Waals surface area contributed by atoms with E-state index in [0.717, 1.165) is 25.7 Å². The second kappa shape index (κ2) is 3.25. The molecule has 2 rings (SSSR count). The van der Waals surface area contributed by atoms with Crippen molar-refractivity contribution in [2.45, 2.75) is 37.8 Å². The normalized spacial score (nSPS) is 32.6. The highest BCUT2D eigenvalue weighted by Gasteiger charge is 2.51. The second-order valence-electron chi connectivity index (χ2n) is 4.19. The summed E-state index contributed by atoms with van der Waals surface area (Å²) < 4.78 is 5.11. The second-order valence-corrected chi connectivity index (χ2v) is 4.19. The fourth-order valence-corrected chi connectivity index (χ4v) is 1.71. The van der Waals surface area contributed by atoms with Gasteiger partial charge in [0.15, 0.2) is 0 Å². The highest BCUT2D eigenvalue weighted by molar-refractivity contribution is 5.88. The minimum atomic E-state index is -0.682. The largest absolute Gasteiger partial charge is 0.381 e. The van der Waals surface area contributed by atoms with Crippen LogP contribution in [-0.2, 0) is 9.53 Å². The van der Waals surface area contributed by atoms with Gasteiger partial charge in [0.2, 0.25) is 5.91 Å². The van der Waals surface area contributed by atoms with Crippen LogP contribution >= 0.6 is 0 Å². The molecule has 1 amide bonds. The Morgan fingerprint density at radius 1 is 1.57 bits per heavy atom. The van der Waals surface area contributed by atoms with Crippen molar-refractivity contribution in [1.29, 1.82) is 5.26 Å². The Balaban J connectivity index is 1.78. The predicted octanol–water partition coefficient (Wildman–Crippen LogP) is 0.584. The first kappa shape index (κ1) is 9.47. The average molecular weight is 194 g/mol. The predicted molar refractivity (Wildman–Crippen MR) is 49.2 cm³/mol. The van der Waals surface area contributed by atoms with Gasteiger partial charge in [-0.25, -0.2) is 0 Å². The topological polar surface area (TPSA) is 62.1 Å². The van der Waals surface area contributed by atoms with Gasteiger partial charge in [0, 0.05) is 13.2 Å².